The van der Waals surface area contributed by atoms with Crippen LogP contribution in [0.4, 0.5) is 5.69 Å². The Bertz CT molecular complexity index is 1690. The number of ether oxygens (including phenoxy) is 2. The summed E-state index contributed by atoms with van der Waals surface area (Å²) in [7, 11) is 1.60. The molecular formula is C31H32N4O7. The van der Waals surface area contributed by atoms with Gasteiger partial charge in [-0.15, -0.1) is 0 Å². The third-order valence-electron chi connectivity index (χ3n) is 6.48. The second kappa shape index (κ2) is 14.0. The summed E-state index contributed by atoms with van der Waals surface area (Å²) in [4.78, 5) is 64.1. The standard InChI is InChI=1S/C31H32N4O7/c1-3-42-30(39)23-13-15-24(16-14-23)33-27(36)20-34-26-8-5-4-7-25(26)29(38)35(31(34)40)19-21-9-11-22(12-10-21)28(37)32-17-6-18-41-2/h4-5,7-16H,3,6,17-20H2,1-2H3,(H,32,37)(H,33,36). The molecule has 4 aromatic rings. The van der Waals surface area contributed by atoms with Crippen LogP contribution in [0.15, 0.2) is 82.4 Å². The molecule has 0 radical (unpaired) electrons. The lowest BCUT2D eigenvalue weighted by atomic mass is 10.1. The fraction of sp³-hybridized carbons (Fsp3) is 0.258. The second-order valence-electron chi connectivity index (χ2n) is 9.42. The molecule has 1 heterocycles. The smallest absolute Gasteiger partial charge is 0.338 e. The van der Waals surface area contributed by atoms with Crippen LogP contribution in [0.25, 0.3) is 10.9 Å². The van der Waals surface area contributed by atoms with E-state index in [0.29, 0.717) is 47.5 Å². The Hall–Kier alpha value is -5.03. The zero-order valence-electron chi connectivity index (χ0n) is 23.4. The van der Waals surface area contributed by atoms with Gasteiger partial charge in [-0.3, -0.25) is 23.5 Å². The van der Waals surface area contributed by atoms with Crippen molar-refractivity contribution in [3.05, 3.63) is 110 Å². The summed E-state index contributed by atoms with van der Waals surface area (Å²) in [6.45, 7) is 2.59. The Kier molecular flexibility index (Phi) is 10.0. The number of carbonyl (C=O) groups excluding carboxylic acids is 3. The van der Waals surface area contributed by atoms with Gasteiger partial charge in [-0.2, -0.15) is 0 Å². The maximum atomic E-state index is 13.5. The van der Waals surface area contributed by atoms with Gasteiger partial charge in [-0.05, 0) is 67.4 Å². The van der Waals surface area contributed by atoms with Gasteiger partial charge in [0, 0.05) is 31.5 Å². The number of benzene rings is 3. The Balaban J connectivity index is 1.54. The third kappa shape index (κ3) is 7.18. The summed E-state index contributed by atoms with van der Waals surface area (Å²) in [6.07, 6.45) is 0.692. The van der Waals surface area contributed by atoms with Crippen LogP contribution in [0.2, 0.25) is 0 Å². The van der Waals surface area contributed by atoms with Crippen molar-refractivity contribution in [3.63, 3.8) is 0 Å². The van der Waals surface area contributed by atoms with Crippen LogP contribution in [-0.2, 0) is 27.4 Å². The van der Waals surface area contributed by atoms with Crippen molar-refractivity contribution in [1.82, 2.24) is 14.5 Å². The van der Waals surface area contributed by atoms with Crippen LogP contribution < -0.4 is 21.9 Å². The van der Waals surface area contributed by atoms with Gasteiger partial charge in [-0.25, -0.2) is 9.59 Å². The molecule has 11 nitrogen and oxygen atoms in total. The highest BCUT2D eigenvalue weighted by Gasteiger charge is 2.16. The van der Waals surface area contributed by atoms with Crippen LogP contribution >= 0.6 is 0 Å². The first kappa shape index (κ1) is 29.9. The summed E-state index contributed by atoms with van der Waals surface area (Å²) >= 11 is 0. The first-order chi connectivity index (χ1) is 20.3. The summed E-state index contributed by atoms with van der Waals surface area (Å²) in [5.74, 6) is -1.19. The number of anilines is 1. The number of nitrogens with one attached hydrogen (secondary N) is 2. The molecule has 0 fully saturated rings. The fourth-order valence-electron chi connectivity index (χ4n) is 4.38. The van der Waals surface area contributed by atoms with Gasteiger partial charge in [0.15, 0.2) is 0 Å². The molecule has 0 saturated heterocycles. The van der Waals surface area contributed by atoms with Crippen LogP contribution in [0.3, 0.4) is 0 Å². The highest BCUT2D eigenvalue weighted by atomic mass is 16.5. The SMILES string of the molecule is CCOC(=O)c1ccc(NC(=O)Cn2c(=O)n(Cc3ccc(C(=O)NCCCOC)cc3)c(=O)c3ccccc32)cc1. The number of aromatic nitrogens is 2. The van der Waals surface area contributed by atoms with Crippen molar-refractivity contribution in [3.8, 4) is 0 Å². The van der Waals surface area contributed by atoms with Crippen LogP contribution in [0.5, 0.6) is 0 Å². The van der Waals surface area contributed by atoms with E-state index in [1.54, 1.807) is 74.7 Å². The zero-order chi connectivity index (χ0) is 30.1. The molecule has 0 aliphatic carbocycles. The van der Waals surface area contributed by atoms with Gasteiger partial charge in [0.05, 0.1) is 29.6 Å². The molecule has 0 aliphatic rings. The molecule has 2 amide bonds. The maximum absolute atomic E-state index is 13.5. The highest BCUT2D eigenvalue weighted by Crippen LogP contribution is 2.13. The van der Waals surface area contributed by atoms with Crippen LogP contribution in [-0.4, -0.2) is 53.8 Å². The molecule has 218 valence electrons. The lowest BCUT2D eigenvalue weighted by Gasteiger charge is -2.14. The number of para-hydroxylation sites is 1. The molecule has 2 N–H and O–H groups in total. The van der Waals surface area contributed by atoms with Gasteiger partial charge in [0.2, 0.25) is 5.91 Å². The Labute approximate surface area is 241 Å². The van der Waals surface area contributed by atoms with Gasteiger partial charge >= 0.3 is 11.7 Å². The Morgan fingerprint density at radius 2 is 1.55 bits per heavy atom. The van der Waals surface area contributed by atoms with E-state index >= 15 is 0 Å². The molecule has 0 aliphatic heterocycles. The fourth-order valence-corrected chi connectivity index (χ4v) is 4.38. The largest absolute Gasteiger partial charge is 0.462 e. The first-order valence-corrected chi connectivity index (χ1v) is 13.5. The number of fused-ring (bicyclic) bond motifs is 1. The molecule has 1 aromatic heterocycles. The van der Waals surface area contributed by atoms with E-state index in [2.05, 4.69) is 10.6 Å². The minimum absolute atomic E-state index is 0.0464. The van der Waals surface area contributed by atoms with Crippen molar-refractivity contribution >= 4 is 34.4 Å². The number of hydrogen-bond donors (Lipinski definition) is 2. The first-order valence-electron chi connectivity index (χ1n) is 13.5. The van der Waals surface area contributed by atoms with Crippen molar-refractivity contribution in [1.29, 1.82) is 0 Å². The maximum Gasteiger partial charge on any atom is 0.338 e. The molecule has 42 heavy (non-hydrogen) atoms. The molecule has 11 heteroatoms. The molecule has 0 saturated carbocycles. The molecule has 4 rings (SSSR count). The molecule has 0 spiro atoms. The van der Waals surface area contributed by atoms with Crippen molar-refractivity contribution in [2.45, 2.75) is 26.4 Å². The van der Waals surface area contributed by atoms with Crippen molar-refractivity contribution < 1.29 is 23.9 Å². The summed E-state index contributed by atoms with van der Waals surface area (Å²) in [5, 5.41) is 5.82. The molecule has 3 aromatic carbocycles. The summed E-state index contributed by atoms with van der Waals surface area (Å²) in [6, 6.07) is 19.4. The van der Waals surface area contributed by atoms with Gasteiger partial charge < -0.3 is 20.1 Å². The number of rotatable bonds is 12. The average molecular weight is 573 g/mol. The van der Waals surface area contributed by atoms with Crippen molar-refractivity contribution in [2.24, 2.45) is 0 Å². The van der Waals surface area contributed by atoms with Crippen molar-refractivity contribution in [2.75, 3.05) is 32.2 Å². The quantitative estimate of drug-likeness (QED) is 0.197. The molecular weight excluding hydrogens is 540 g/mol. The summed E-state index contributed by atoms with van der Waals surface area (Å²) in [5.41, 5.74) is 1.07. The number of carbonyl (C=O) groups is 3. The van der Waals surface area contributed by atoms with Gasteiger partial charge in [0.1, 0.15) is 6.54 Å². The third-order valence-corrected chi connectivity index (χ3v) is 6.48. The normalized spacial score (nSPS) is 10.8. The number of methoxy groups -OCH3 is 1. The monoisotopic (exact) mass is 572 g/mol. The Morgan fingerprint density at radius 3 is 2.24 bits per heavy atom. The predicted molar refractivity (Wildman–Crippen MR) is 158 cm³/mol. The predicted octanol–water partition coefficient (Wildman–Crippen LogP) is 2.79. The lowest BCUT2D eigenvalue weighted by Crippen LogP contribution is -2.42. The van der Waals surface area contributed by atoms with E-state index < -0.39 is 23.1 Å². The van der Waals surface area contributed by atoms with E-state index in [0.717, 1.165) is 4.57 Å². The van der Waals surface area contributed by atoms with Crippen LogP contribution in [0.1, 0.15) is 39.6 Å². The molecule has 0 bridgehead atoms. The minimum atomic E-state index is -0.647. The lowest BCUT2D eigenvalue weighted by molar-refractivity contribution is -0.116. The van der Waals surface area contributed by atoms with E-state index in [1.165, 1.54) is 16.7 Å². The average Bonchev–Trinajstić information content (AvgIpc) is 3.00. The summed E-state index contributed by atoms with van der Waals surface area (Å²) < 4.78 is 12.3. The highest BCUT2D eigenvalue weighted by molar-refractivity contribution is 5.94. The second-order valence-corrected chi connectivity index (χ2v) is 9.42. The van der Waals surface area contributed by atoms with E-state index in [-0.39, 0.29) is 31.0 Å². The van der Waals surface area contributed by atoms with E-state index in [4.69, 9.17) is 9.47 Å². The minimum Gasteiger partial charge on any atom is -0.462 e. The number of esters is 1. The topological polar surface area (TPSA) is 138 Å². The molecule has 0 unspecified atom stereocenters. The Morgan fingerprint density at radius 1 is 0.857 bits per heavy atom. The molecule has 0 atom stereocenters. The van der Waals surface area contributed by atoms with E-state index in [9.17, 15) is 24.0 Å². The van der Waals surface area contributed by atoms with Crippen LogP contribution in [0, 0.1) is 0 Å². The number of amides is 2. The number of nitrogens with zero attached hydrogens (tertiary/aromatic N) is 2. The number of hydrogen-bond acceptors (Lipinski definition) is 7. The van der Waals surface area contributed by atoms with E-state index in [1.807, 2.05) is 0 Å². The zero-order valence-corrected chi connectivity index (χ0v) is 23.4. The van der Waals surface area contributed by atoms with Gasteiger partial charge in [0.25, 0.3) is 11.5 Å². The van der Waals surface area contributed by atoms with Gasteiger partial charge in [-0.1, -0.05) is 24.3 Å².